The van der Waals surface area contributed by atoms with E-state index in [1.165, 1.54) is 13.8 Å². The molecule has 1 rings (SSSR count). The Morgan fingerprint density at radius 2 is 2.11 bits per heavy atom. The zero-order valence-electron chi connectivity index (χ0n) is 10.1. The maximum absolute atomic E-state index is 12.6. The van der Waals surface area contributed by atoms with Crippen LogP contribution in [0.3, 0.4) is 0 Å². The summed E-state index contributed by atoms with van der Waals surface area (Å²) in [5.74, 6) is -0.371. The van der Waals surface area contributed by atoms with Crippen molar-refractivity contribution in [2.75, 3.05) is 6.54 Å². The highest BCUT2D eigenvalue weighted by Gasteiger charge is 2.38. The van der Waals surface area contributed by atoms with E-state index in [2.05, 4.69) is 26.3 Å². The standard InChI is InChI=1S/C10H13BrF3N3O/c1-4-15-9(18)6(3)17-5(2)7(11)8(16-17)10(12,13)14/h6H,4H2,1-3H3,(H,15,18). The first-order valence-electron chi connectivity index (χ1n) is 5.29. The van der Waals surface area contributed by atoms with E-state index in [9.17, 15) is 18.0 Å². The molecule has 1 amide bonds. The van der Waals surface area contributed by atoms with Gasteiger partial charge in [0.2, 0.25) is 5.91 Å². The Kier molecular flexibility index (Phi) is 4.41. The summed E-state index contributed by atoms with van der Waals surface area (Å²) in [6, 6.07) is -0.794. The van der Waals surface area contributed by atoms with Crippen LogP contribution in [0.2, 0.25) is 0 Å². The molecule has 1 unspecified atom stereocenters. The molecule has 102 valence electrons. The molecule has 0 bridgehead atoms. The van der Waals surface area contributed by atoms with Crippen molar-refractivity contribution in [3.63, 3.8) is 0 Å². The SMILES string of the molecule is CCNC(=O)C(C)n1nc(C(F)(F)F)c(Br)c1C. The maximum atomic E-state index is 12.6. The Morgan fingerprint density at radius 3 is 2.50 bits per heavy atom. The lowest BCUT2D eigenvalue weighted by Crippen LogP contribution is -2.31. The van der Waals surface area contributed by atoms with Crippen molar-refractivity contribution in [1.82, 2.24) is 15.1 Å². The van der Waals surface area contributed by atoms with Gasteiger partial charge in [0.05, 0.1) is 10.2 Å². The third-order valence-corrected chi connectivity index (χ3v) is 3.39. The minimum atomic E-state index is -4.55. The van der Waals surface area contributed by atoms with E-state index in [4.69, 9.17) is 0 Å². The normalized spacial score (nSPS) is 13.5. The van der Waals surface area contributed by atoms with Crippen molar-refractivity contribution >= 4 is 21.8 Å². The molecule has 1 heterocycles. The van der Waals surface area contributed by atoms with Gasteiger partial charge in [0.25, 0.3) is 0 Å². The highest BCUT2D eigenvalue weighted by molar-refractivity contribution is 9.10. The minimum absolute atomic E-state index is 0.133. The number of carbonyl (C=O) groups is 1. The quantitative estimate of drug-likeness (QED) is 0.927. The average molecular weight is 328 g/mol. The van der Waals surface area contributed by atoms with Crippen LogP contribution in [0.15, 0.2) is 4.47 Å². The van der Waals surface area contributed by atoms with Crippen molar-refractivity contribution < 1.29 is 18.0 Å². The van der Waals surface area contributed by atoms with Crippen LogP contribution >= 0.6 is 15.9 Å². The van der Waals surface area contributed by atoms with E-state index in [1.807, 2.05) is 0 Å². The van der Waals surface area contributed by atoms with Crippen LogP contribution in [-0.2, 0) is 11.0 Å². The number of likely N-dealkylation sites (N-methyl/N-ethyl adjacent to an activating group) is 1. The second-order valence-corrected chi connectivity index (χ2v) is 4.55. The number of nitrogens with one attached hydrogen (secondary N) is 1. The molecule has 0 aliphatic carbocycles. The minimum Gasteiger partial charge on any atom is -0.355 e. The van der Waals surface area contributed by atoms with Crippen molar-refractivity contribution in [2.45, 2.75) is 33.0 Å². The molecule has 0 aliphatic rings. The van der Waals surface area contributed by atoms with Gasteiger partial charge in [0, 0.05) is 6.54 Å². The number of halogens is 4. The summed E-state index contributed by atoms with van der Waals surface area (Å²) >= 11 is 2.86. The molecule has 0 radical (unpaired) electrons. The van der Waals surface area contributed by atoms with Gasteiger partial charge in [-0.05, 0) is 36.7 Å². The summed E-state index contributed by atoms with van der Waals surface area (Å²) in [7, 11) is 0. The van der Waals surface area contributed by atoms with E-state index < -0.39 is 17.9 Å². The molecule has 1 N–H and O–H groups in total. The van der Waals surface area contributed by atoms with Crippen LogP contribution in [0.1, 0.15) is 31.3 Å². The van der Waals surface area contributed by atoms with Gasteiger partial charge in [-0.2, -0.15) is 18.3 Å². The Hall–Kier alpha value is -1.05. The van der Waals surface area contributed by atoms with Gasteiger partial charge in [-0.1, -0.05) is 0 Å². The number of nitrogens with zero attached hydrogens (tertiary/aromatic N) is 2. The lowest BCUT2D eigenvalue weighted by Gasteiger charge is -2.13. The predicted molar refractivity (Wildman–Crippen MR) is 63.1 cm³/mol. The van der Waals surface area contributed by atoms with E-state index in [0.717, 1.165) is 4.68 Å². The van der Waals surface area contributed by atoms with E-state index in [0.29, 0.717) is 6.54 Å². The van der Waals surface area contributed by atoms with E-state index in [-0.39, 0.29) is 16.1 Å². The van der Waals surface area contributed by atoms with Gasteiger partial charge in [-0.3, -0.25) is 9.48 Å². The summed E-state index contributed by atoms with van der Waals surface area (Å²) in [5.41, 5.74) is -0.753. The molecule has 0 aliphatic heterocycles. The lowest BCUT2D eigenvalue weighted by atomic mass is 10.3. The highest BCUT2D eigenvalue weighted by atomic mass is 79.9. The number of alkyl halides is 3. The predicted octanol–water partition coefficient (Wildman–Crippen LogP) is 2.67. The molecule has 0 fully saturated rings. The van der Waals surface area contributed by atoms with Crippen molar-refractivity contribution in [1.29, 1.82) is 0 Å². The van der Waals surface area contributed by atoms with Crippen LogP contribution in [0.25, 0.3) is 0 Å². The molecule has 0 saturated heterocycles. The number of rotatable bonds is 3. The van der Waals surface area contributed by atoms with Crippen molar-refractivity contribution in [3.8, 4) is 0 Å². The Morgan fingerprint density at radius 1 is 1.56 bits per heavy atom. The Labute approximate surface area is 111 Å². The lowest BCUT2D eigenvalue weighted by molar-refractivity contribution is -0.142. The van der Waals surface area contributed by atoms with Gasteiger partial charge < -0.3 is 5.32 Å². The number of amides is 1. The van der Waals surface area contributed by atoms with Gasteiger partial charge in [0.1, 0.15) is 6.04 Å². The zero-order chi connectivity index (χ0) is 14.1. The number of carbonyl (C=O) groups excluding carboxylic acids is 1. The van der Waals surface area contributed by atoms with Crippen LogP contribution in [0.4, 0.5) is 13.2 Å². The van der Waals surface area contributed by atoms with Gasteiger partial charge in [0.15, 0.2) is 5.69 Å². The second-order valence-electron chi connectivity index (χ2n) is 3.76. The maximum Gasteiger partial charge on any atom is 0.436 e. The topological polar surface area (TPSA) is 46.9 Å². The fourth-order valence-electron chi connectivity index (χ4n) is 1.49. The summed E-state index contributed by atoms with van der Waals surface area (Å²) in [6.07, 6.45) is -4.55. The third-order valence-electron chi connectivity index (χ3n) is 2.44. The van der Waals surface area contributed by atoms with Crippen LogP contribution in [0.5, 0.6) is 0 Å². The van der Waals surface area contributed by atoms with Gasteiger partial charge in [-0.15, -0.1) is 0 Å². The summed E-state index contributed by atoms with van der Waals surface area (Å²) in [5, 5.41) is 6.01. The molecule has 0 aromatic carbocycles. The smallest absolute Gasteiger partial charge is 0.355 e. The second kappa shape index (κ2) is 5.29. The van der Waals surface area contributed by atoms with E-state index >= 15 is 0 Å². The van der Waals surface area contributed by atoms with Crippen molar-refractivity contribution in [3.05, 3.63) is 15.9 Å². The molecular weight excluding hydrogens is 315 g/mol. The fourth-order valence-corrected chi connectivity index (χ4v) is 1.98. The van der Waals surface area contributed by atoms with Crippen LogP contribution in [0, 0.1) is 6.92 Å². The molecular formula is C10H13BrF3N3O. The summed E-state index contributed by atoms with van der Waals surface area (Å²) < 4.78 is 38.9. The first-order chi connectivity index (χ1) is 8.20. The third kappa shape index (κ3) is 2.85. The number of aromatic nitrogens is 2. The molecule has 8 heteroatoms. The molecule has 1 atom stereocenters. The molecule has 0 spiro atoms. The summed E-state index contributed by atoms with van der Waals surface area (Å²) in [6.45, 7) is 5.12. The monoisotopic (exact) mass is 327 g/mol. The summed E-state index contributed by atoms with van der Waals surface area (Å²) in [4.78, 5) is 11.6. The highest BCUT2D eigenvalue weighted by Crippen LogP contribution is 2.36. The first-order valence-corrected chi connectivity index (χ1v) is 6.09. The largest absolute Gasteiger partial charge is 0.436 e. The van der Waals surface area contributed by atoms with Gasteiger partial charge in [-0.25, -0.2) is 0 Å². The molecule has 1 aromatic heterocycles. The average Bonchev–Trinajstić information content (AvgIpc) is 2.55. The van der Waals surface area contributed by atoms with Gasteiger partial charge >= 0.3 is 6.18 Å². The number of hydrogen-bond donors (Lipinski definition) is 1. The number of hydrogen-bond acceptors (Lipinski definition) is 2. The van der Waals surface area contributed by atoms with Crippen molar-refractivity contribution in [2.24, 2.45) is 0 Å². The Bertz CT molecular complexity index is 456. The molecule has 1 aromatic rings. The first kappa shape index (κ1) is 15.0. The fraction of sp³-hybridized carbons (Fsp3) is 0.600. The van der Waals surface area contributed by atoms with Crippen LogP contribution in [-0.4, -0.2) is 22.2 Å². The Balaban J connectivity index is 3.16. The van der Waals surface area contributed by atoms with E-state index in [1.54, 1.807) is 6.92 Å². The molecule has 0 saturated carbocycles. The molecule has 4 nitrogen and oxygen atoms in total. The molecule has 18 heavy (non-hydrogen) atoms. The van der Waals surface area contributed by atoms with Crippen LogP contribution < -0.4 is 5.32 Å². The zero-order valence-corrected chi connectivity index (χ0v) is 11.7.